The summed E-state index contributed by atoms with van der Waals surface area (Å²) in [5.41, 5.74) is 2.89. The van der Waals surface area contributed by atoms with Gasteiger partial charge in [-0.1, -0.05) is 0 Å². The molecule has 4 heteroatoms. The van der Waals surface area contributed by atoms with Gasteiger partial charge in [0, 0.05) is 20.3 Å². The maximum Gasteiger partial charge on any atom is 0.0915 e. The van der Waals surface area contributed by atoms with Gasteiger partial charge in [-0.05, 0) is 19.3 Å². The Balaban J connectivity index is 1.78. The molecule has 78 valence electrons. The predicted octanol–water partition coefficient (Wildman–Crippen LogP) is 0.723. The van der Waals surface area contributed by atoms with Crippen LogP contribution >= 0.6 is 0 Å². The van der Waals surface area contributed by atoms with Gasteiger partial charge in [0.2, 0.25) is 0 Å². The number of hydrogen-bond acceptors (Lipinski definition) is 4. The van der Waals surface area contributed by atoms with Gasteiger partial charge in [-0.2, -0.15) is 0 Å². The van der Waals surface area contributed by atoms with Gasteiger partial charge in [0.15, 0.2) is 0 Å². The fourth-order valence-electron chi connectivity index (χ4n) is 1.36. The topological polar surface area (TPSA) is 39.7 Å². The van der Waals surface area contributed by atoms with Crippen LogP contribution in [0.4, 0.5) is 0 Å². The van der Waals surface area contributed by atoms with Crippen molar-refractivity contribution in [2.75, 3.05) is 33.5 Å². The quantitative estimate of drug-likeness (QED) is 0.473. The van der Waals surface area contributed by atoms with E-state index >= 15 is 0 Å². The summed E-state index contributed by atoms with van der Waals surface area (Å²) < 4.78 is 10.3. The molecular weight excluding hydrogens is 170 g/mol. The van der Waals surface area contributed by atoms with Gasteiger partial charge in [0.1, 0.15) is 0 Å². The minimum Gasteiger partial charge on any atom is -0.382 e. The lowest BCUT2D eigenvalue weighted by molar-refractivity contribution is -0.000364. The van der Waals surface area contributed by atoms with Crippen molar-refractivity contribution < 1.29 is 14.3 Å². The maximum atomic E-state index is 5.46. The maximum absolute atomic E-state index is 5.46. The molecule has 1 atom stereocenters. The normalized spacial score (nSPS) is 22.4. The number of methoxy groups -OCH3 is 1. The highest BCUT2D eigenvalue weighted by atomic mass is 16.7. The summed E-state index contributed by atoms with van der Waals surface area (Å²) in [6.07, 6.45) is 3.88. The molecule has 0 aromatic heterocycles. The molecule has 1 unspecified atom stereocenters. The van der Waals surface area contributed by atoms with E-state index in [9.17, 15) is 0 Å². The van der Waals surface area contributed by atoms with Gasteiger partial charge < -0.3 is 9.47 Å². The van der Waals surface area contributed by atoms with Crippen LogP contribution in [0.1, 0.15) is 19.3 Å². The minimum absolute atomic E-state index is 0.443. The summed E-state index contributed by atoms with van der Waals surface area (Å²) in [7, 11) is 1.66. The van der Waals surface area contributed by atoms with Crippen molar-refractivity contribution in [1.29, 1.82) is 0 Å². The van der Waals surface area contributed by atoms with E-state index in [1.807, 2.05) is 0 Å². The van der Waals surface area contributed by atoms with E-state index in [4.69, 9.17) is 14.3 Å². The van der Waals surface area contributed by atoms with Gasteiger partial charge >= 0.3 is 0 Å². The van der Waals surface area contributed by atoms with E-state index in [2.05, 4.69) is 5.48 Å². The first-order valence-corrected chi connectivity index (χ1v) is 4.88. The standard InChI is InChI=1S/C9H19NO3/c1-11-7-8-13-10-5-4-9-3-2-6-12-9/h9-10H,2-8H2,1H3. The molecule has 1 rings (SSSR count). The zero-order valence-electron chi connectivity index (χ0n) is 8.25. The molecule has 0 aliphatic carbocycles. The summed E-state index contributed by atoms with van der Waals surface area (Å²) >= 11 is 0. The molecule has 1 saturated heterocycles. The predicted molar refractivity (Wildman–Crippen MR) is 49.4 cm³/mol. The highest BCUT2D eigenvalue weighted by Crippen LogP contribution is 2.14. The SMILES string of the molecule is COCCONCCC1CCCO1. The third-order valence-electron chi connectivity index (χ3n) is 2.08. The fourth-order valence-corrected chi connectivity index (χ4v) is 1.36. The van der Waals surface area contributed by atoms with Crippen LogP contribution in [0.3, 0.4) is 0 Å². The van der Waals surface area contributed by atoms with Crippen molar-refractivity contribution in [1.82, 2.24) is 5.48 Å². The molecule has 0 aromatic rings. The van der Waals surface area contributed by atoms with E-state index < -0.39 is 0 Å². The molecule has 0 aromatic carbocycles. The summed E-state index contributed by atoms with van der Waals surface area (Å²) in [4.78, 5) is 5.10. The molecule has 4 nitrogen and oxygen atoms in total. The van der Waals surface area contributed by atoms with Crippen LogP contribution < -0.4 is 5.48 Å². The lowest BCUT2D eigenvalue weighted by Gasteiger charge is -2.09. The van der Waals surface area contributed by atoms with Crippen LogP contribution in [0.5, 0.6) is 0 Å². The number of hydrogen-bond donors (Lipinski definition) is 1. The van der Waals surface area contributed by atoms with E-state index in [0.29, 0.717) is 19.3 Å². The molecule has 1 N–H and O–H groups in total. The Morgan fingerprint density at radius 3 is 3.08 bits per heavy atom. The van der Waals surface area contributed by atoms with Crippen molar-refractivity contribution >= 4 is 0 Å². The molecule has 13 heavy (non-hydrogen) atoms. The first-order chi connectivity index (χ1) is 6.43. The van der Waals surface area contributed by atoms with E-state index in [0.717, 1.165) is 19.6 Å². The van der Waals surface area contributed by atoms with Crippen LogP contribution in [0.15, 0.2) is 0 Å². The summed E-state index contributed by atoms with van der Waals surface area (Å²) in [6, 6.07) is 0. The van der Waals surface area contributed by atoms with Gasteiger partial charge in [-0.25, -0.2) is 5.48 Å². The van der Waals surface area contributed by atoms with Crippen molar-refractivity contribution in [3.8, 4) is 0 Å². The smallest absolute Gasteiger partial charge is 0.0915 e. The number of nitrogens with one attached hydrogen (secondary N) is 1. The first kappa shape index (κ1) is 10.9. The number of rotatable bonds is 7. The van der Waals surface area contributed by atoms with Crippen molar-refractivity contribution in [3.05, 3.63) is 0 Å². The first-order valence-electron chi connectivity index (χ1n) is 4.88. The Labute approximate surface area is 79.5 Å². The summed E-state index contributed by atoms with van der Waals surface area (Å²) in [5, 5.41) is 0. The van der Waals surface area contributed by atoms with Crippen LogP contribution in [-0.4, -0.2) is 39.6 Å². The fraction of sp³-hybridized carbons (Fsp3) is 1.00. The Hall–Kier alpha value is -0.160. The molecule has 0 radical (unpaired) electrons. The summed E-state index contributed by atoms with van der Waals surface area (Å²) in [6.45, 7) is 3.01. The molecule has 0 spiro atoms. The van der Waals surface area contributed by atoms with Crippen LogP contribution in [0, 0.1) is 0 Å². The third kappa shape index (κ3) is 5.21. The molecule has 1 fully saturated rings. The second kappa shape index (κ2) is 7.26. The van der Waals surface area contributed by atoms with Gasteiger partial charge in [0.25, 0.3) is 0 Å². The average molecular weight is 189 g/mol. The molecule has 1 aliphatic rings. The van der Waals surface area contributed by atoms with E-state index in [-0.39, 0.29) is 0 Å². The minimum atomic E-state index is 0.443. The second-order valence-electron chi connectivity index (χ2n) is 3.16. The Kier molecular flexibility index (Phi) is 6.10. The highest BCUT2D eigenvalue weighted by molar-refractivity contribution is 4.64. The van der Waals surface area contributed by atoms with E-state index in [1.54, 1.807) is 7.11 Å². The van der Waals surface area contributed by atoms with Crippen LogP contribution in [0.2, 0.25) is 0 Å². The van der Waals surface area contributed by atoms with Crippen molar-refractivity contribution in [3.63, 3.8) is 0 Å². The van der Waals surface area contributed by atoms with Gasteiger partial charge in [0.05, 0.1) is 19.3 Å². The molecular formula is C9H19NO3. The monoisotopic (exact) mass is 189 g/mol. The Morgan fingerprint density at radius 2 is 2.38 bits per heavy atom. The third-order valence-corrected chi connectivity index (χ3v) is 2.08. The molecule has 1 heterocycles. The number of ether oxygens (including phenoxy) is 2. The van der Waals surface area contributed by atoms with E-state index in [1.165, 1.54) is 12.8 Å². The Bertz CT molecular complexity index is 115. The van der Waals surface area contributed by atoms with Gasteiger partial charge in [-0.15, -0.1) is 0 Å². The molecule has 1 aliphatic heterocycles. The van der Waals surface area contributed by atoms with Crippen molar-refractivity contribution in [2.45, 2.75) is 25.4 Å². The molecule has 0 amide bonds. The molecule has 0 saturated carbocycles. The lowest BCUT2D eigenvalue weighted by atomic mass is 10.2. The van der Waals surface area contributed by atoms with Gasteiger partial charge in [-0.3, -0.25) is 4.84 Å². The zero-order valence-corrected chi connectivity index (χ0v) is 8.25. The van der Waals surface area contributed by atoms with Crippen LogP contribution in [0.25, 0.3) is 0 Å². The number of hydroxylamine groups is 1. The highest BCUT2D eigenvalue weighted by Gasteiger charge is 2.14. The lowest BCUT2D eigenvalue weighted by Crippen LogP contribution is -2.22. The average Bonchev–Trinajstić information content (AvgIpc) is 2.63. The van der Waals surface area contributed by atoms with Crippen LogP contribution in [-0.2, 0) is 14.3 Å². The van der Waals surface area contributed by atoms with Crippen molar-refractivity contribution in [2.24, 2.45) is 0 Å². The second-order valence-corrected chi connectivity index (χ2v) is 3.16. The largest absolute Gasteiger partial charge is 0.382 e. The summed E-state index contributed by atoms with van der Waals surface area (Å²) in [5.74, 6) is 0. The molecule has 0 bridgehead atoms. The zero-order chi connectivity index (χ0) is 9.36. The Morgan fingerprint density at radius 1 is 1.46 bits per heavy atom.